The molecule has 31 heavy (non-hydrogen) atoms. The lowest BCUT2D eigenvalue weighted by atomic mass is 9.94. The Hall–Kier alpha value is -3.26. The average molecular weight is 439 g/mol. The van der Waals surface area contributed by atoms with E-state index >= 15 is 0 Å². The van der Waals surface area contributed by atoms with Crippen LogP contribution in [0.3, 0.4) is 0 Å². The Morgan fingerprint density at radius 1 is 1.13 bits per heavy atom. The van der Waals surface area contributed by atoms with Crippen molar-refractivity contribution in [3.05, 3.63) is 66.0 Å². The van der Waals surface area contributed by atoms with Crippen LogP contribution in [0.25, 0.3) is 5.69 Å². The summed E-state index contributed by atoms with van der Waals surface area (Å²) < 4.78 is 1.62. The van der Waals surface area contributed by atoms with Crippen LogP contribution in [-0.2, 0) is 4.79 Å². The van der Waals surface area contributed by atoms with Crippen molar-refractivity contribution in [2.45, 2.75) is 19.8 Å². The number of halogens is 1. The van der Waals surface area contributed by atoms with Gasteiger partial charge in [-0.25, -0.2) is 4.68 Å². The molecule has 4 heterocycles. The molecule has 8 nitrogen and oxygen atoms in total. The highest BCUT2D eigenvalue weighted by molar-refractivity contribution is 6.32. The van der Waals surface area contributed by atoms with Crippen molar-refractivity contribution in [1.29, 1.82) is 0 Å². The topological polar surface area (TPSA) is 84.2 Å². The van der Waals surface area contributed by atoms with Crippen LogP contribution >= 0.6 is 11.6 Å². The number of carbonyl (C=O) groups excluding carboxylic acids is 2. The van der Waals surface area contributed by atoms with Crippen LogP contribution in [0.15, 0.2) is 55.2 Å². The first-order valence-electron chi connectivity index (χ1n) is 10.2. The van der Waals surface area contributed by atoms with Crippen molar-refractivity contribution in [1.82, 2.24) is 24.6 Å². The molecule has 0 N–H and O–H groups in total. The lowest BCUT2D eigenvalue weighted by molar-refractivity contribution is -0.123. The van der Waals surface area contributed by atoms with Crippen LogP contribution in [0.4, 0.5) is 5.69 Å². The number of pyridine rings is 2. The van der Waals surface area contributed by atoms with E-state index in [1.54, 1.807) is 57.6 Å². The molecule has 3 aromatic rings. The zero-order valence-electron chi connectivity index (χ0n) is 17.2. The quantitative estimate of drug-likeness (QED) is 0.610. The van der Waals surface area contributed by atoms with Crippen molar-refractivity contribution in [2.24, 2.45) is 5.92 Å². The molecule has 160 valence electrons. The summed E-state index contributed by atoms with van der Waals surface area (Å²) >= 11 is 6.38. The Labute approximate surface area is 185 Å². The molecule has 0 bridgehead atoms. The molecule has 2 amide bonds. The fraction of sp³-hybridized carbons (Fsp3) is 0.318. The SMILES string of the molecule is CCN(C(=O)C1CCN(C(=O)c2cccnc2)CC1)c1cn(-c2cccnc2)nc1Cl. The Kier molecular flexibility index (Phi) is 6.27. The maximum Gasteiger partial charge on any atom is 0.255 e. The molecule has 0 spiro atoms. The van der Waals surface area contributed by atoms with Gasteiger partial charge in [-0.1, -0.05) is 11.6 Å². The smallest absolute Gasteiger partial charge is 0.255 e. The second-order valence-electron chi connectivity index (χ2n) is 7.35. The Morgan fingerprint density at radius 3 is 2.45 bits per heavy atom. The van der Waals surface area contributed by atoms with Crippen molar-refractivity contribution < 1.29 is 9.59 Å². The van der Waals surface area contributed by atoms with E-state index in [0.29, 0.717) is 43.7 Å². The fourth-order valence-corrected chi connectivity index (χ4v) is 4.05. The molecule has 0 aromatic carbocycles. The van der Waals surface area contributed by atoms with E-state index in [4.69, 9.17) is 11.6 Å². The van der Waals surface area contributed by atoms with E-state index in [9.17, 15) is 9.59 Å². The van der Waals surface area contributed by atoms with Crippen LogP contribution < -0.4 is 4.90 Å². The lowest BCUT2D eigenvalue weighted by Crippen LogP contribution is -2.44. The van der Waals surface area contributed by atoms with Crippen LogP contribution in [0, 0.1) is 5.92 Å². The summed E-state index contributed by atoms with van der Waals surface area (Å²) in [6.45, 7) is 3.46. The lowest BCUT2D eigenvalue weighted by Gasteiger charge is -2.33. The normalized spacial score (nSPS) is 14.5. The number of likely N-dealkylation sites (tertiary alicyclic amines) is 1. The number of aromatic nitrogens is 4. The zero-order valence-corrected chi connectivity index (χ0v) is 17.9. The molecule has 1 fully saturated rings. The molecule has 9 heteroatoms. The number of amides is 2. The third kappa shape index (κ3) is 4.44. The van der Waals surface area contributed by atoms with Crippen LogP contribution in [0.2, 0.25) is 5.15 Å². The van der Waals surface area contributed by atoms with Gasteiger partial charge in [0.25, 0.3) is 5.91 Å². The second-order valence-corrected chi connectivity index (χ2v) is 7.71. The minimum Gasteiger partial charge on any atom is -0.339 e. The van der Waals surface area contributed by atoms with E-state index in [0.717, 1.165) is 5.69 Å². The van der Waals surface area contributed by atoms with Gasteiger partial charge in [0.2, 0.25) is 5.91 Å². The first-order valence-corrected chi connectivity index (χ1v) is 10.6. The average Bonchev–Trinajstić information content (AvgIpc) is 3.21. The van der Waals surface area contributed by atoms with E-state index < -0.39 is 0 Å². The van der Waals surface area contributed by atoms with Crippen LogP contribution in [0.1, 0.15) is 30.1 Å². The molecule has 3 aromatic heterocycles. The predicted octanol–water partition coefficient (Wildman–Crippen LogP) is 3.22. The first kappa shape index (κ1) is 21.0. The number of anilines is 1. The van der Waals surface area contributed by atoms with E-state index in [2.05, 4.69) is 15.1 Å². The molecule has 0 radical (unpaired) electrons. The third-order valence-electron chi connectivity index (χ3n) is 5.47. The summed E-state index contributed by atoms with van der Waals surface area (Å²) in [5.74, 6) is -0.216. The summed E-state index contributed by atoms with van der Waals surface area (Å²) in [7, 11) is 0. The molecule has 1 saturated heterocycles. The maximum absolute atomic E-state index is 13.3. The van der Waals surface area contributed by atoms with Gasteiger partial charge in [-0.05, 0) is 44.0 Å². The number of carbonyl (C=O) groups is 2. The van der Waals surface area contributed by atoms with Gasteiger partial charge in [0.05, 0.1) is 23.6 Å². The monoisotopic (exact) mass is 438 g/mol. The van der Waals surface area contributed by atoms with Gasteiger partial charge < -0.3 is 9.80 Å². The van der Waals surface area contributed by atoms with Crippen molar-refractivity contribution in [2.75, 3.05) is 24.5 Å². The van der Waals surface area contributed by atoms with Crippen molar-refractivity contribution in [3.8, 4) is 5.69 Å². The molecule has 1 aliphatic heterocycles. The summed E-state index contributed by atoms with van der Waals surface area (Å²) in [6, 6.07) is 7.19. The van der Waals surface area contributed by atoms with Gasteiger partial charge in [0, 0.05) is 44.1 Å². The number of hydrogen-bond donors (Lipinski definition) is 0. The van der Waals surface area contributed by atoms with Gasteiger partial charge in [-0.2, -0.15) is 5.10 Å². The largest absolute Gasteiger partial charge is 0.339 e. The summed E-state index contributed by atoms with van der Waals surface area (Å²) in [4.78, 5) is 37.5. The second kappa shape index (κ2) is 9.26. The van der Waals surface area contributed by atoms with Gasteiger partial charge in [0.15, 0.2) is 5.15 Å². The van der Waals surface area contributed by atoms with Crippen molar-refractivity contribution in [3.63, 3.8) is 0 Å². The Morgan fingerprint density at radius 2 is 1.84 bits per heavy atom. The Balaban J connectivity index is 1.44. The number of rotatable bonds is 5. The highest BCUT2D eigenvalue weighted by Crippen LogP contribution is 2.29. The third-order valence-corrected chi connectivity index (χ3v) is 5.74. The number of nitrogens with zero attached hydrogens (tertiary/aromatic N) is 6. The molecule has 0 aliphatic carbocycles. The van der Waals surface area contributed by atoms with Crippen molar-refractivity contribution >= 4 is 29.1 Å². The van der Waals surface area contributed by atoms with E-state index in [1.807, 2.05) is 19.1 Å². The fourth-order valence-electron chi connectivity index (χ4n) is 3.81. The first-order chi connectivity index (χ1) is 15.1. The zero-order chi connectivity index (χ0) is 21.8. The molecule has 4 rings (SSSR count). The molecule has 0 atom stereocenters. The summed E-state index contributed by atoms with van der Waals surface area (Å²) in [6.07, 6.45) is 9.54. The molecular formula is C22H23ClN6O2. The van der Waals surface area contributed by atoms with Gasteiger partial charge in [-0.3, -0.25) is 19.6 Å². The molecule has 0 saturated carbocycles. The minimum atomic E-state index is -0.171. The molecular weight excluding hydrogens is 416 g/mol. The minimum absolute atomic E-state index is 0.00335. The highest BCUT2D eigenvalue weighted by Gasteiger charge is 2.32. The van der Waals surface area contributed by atoms with Crippen LogP contribution in [-0.4, -0.2) is 56.1 Å². The number of piperidine rings is 1. The molecule has 1 aliphatic rings. The maximum atomic E-state index is 13.3. The standard InChI is InChI=1S/C22H23ClN6O2/c1-2-28(19-15-29(26-20(19)23)18-6-4-10-25-14-18)22(31)16-7-11-27(12-8-16)21(30)17-5-3-9-24-13-17/h3-6,9-10,13-16H,2,7-8,11-12H2,1H3. The predicted molar refractivity (Wildman–Crippen MR) is 117 cm³/mol. The van der Waals surface area contributed by atoms with Gasteiger partial charge in [0.1, 0.15) is 5.69 Å². The summed E-state index contributed by atoms with van der Waals surface area (Å²) in [5.41, 5.74) is 1.91. The highest BCUT2D eigenvalue weighted by atomic mass is 35.5. The van der Waals surface area contributed by atoms with E-state index in [1.165, 1.54) is 0 Å². The summed E-state index contributed by atoms with van der Waals surface area (Å²) in [5, 5.41) is 4.60. The molecule has 0 unspecified atom stereocenters. The van der Waals surface area contributed by atoms with Gasteiger partial charge in [-0.15, -0.1) is 0 Å². The van der Waals surface area contributed by atoms with E-state index in [-0.39, 0.29) is 22.9 Å². The Bertz CT molecular complexity index is 1050. The number of hydrogen-bond acceptors (Lipinski definition) is 5. The van der Waals surface area contributed by atoms with Gasteiger partial charge >= 0.3 is 0 Å². The van der Waals surface area contributed by atoms with Crippen LogP contribution in [0.5, 0.6) is 0 Å².